The molecule has 0 heterocycles. The van der Waals surface area contributed by atoms with Crippen molar-refractivity contribution >= 4 is 28.9 Å². The molecule has 0 aromatic carbocycles. The summed E-state index contributed by atoms with van der Waals surface area (Å²) < 4.78 is 0. The van der Waals surface area contributed by atoms with Crippen molar-refractivity contribution in [1.82, 2.24) is 0 Å². The Labute approximate surface area is 143 Å². The van der Waals surface area contributed by atoms with E-state index in [0.717, 1.165) is 12.6 Å². The Bertz CT molecular complexity index is 207. The fourth-order valence-electron chi connectivity index (χ4n) is 2.70. The van der Waals surface area contributed by atoms with Crippen molar-refractivity contribution < 1.29 is 0 Å². The molecule has 2 N–H and O–H groups in total. The van der Waals surface area contributed by atoms with Gasteiger partial charge in [-0.25, -0.2) is 0 Å². The van der Waals surface area contributed by atoms with Crippen LogP contribution in [-0.4, -0.2) is 13.2 Å². The second-order valence-electron chi connectivity index (χ2n) is 6.56. The molecule has 21 heavy (non-hydrogen) atoms. The van der Waals surface area contributed by atoms with Gasteiger partial charge in [-0.3, -0.25) is 0 Å². The average Bonchev–Trinajstić information content (AvgIpc) is 2.42. The molecule has 0 aliphatic rings. The summed E-state index contributed by atoms with van der Waals surface area (Å²) in [6.45, 7) is 1.06. The summed E-state index contributed by atoms with van der Waals surface area (Å²) in [6, 6.07) is 1.06. The SMILES string of the molecule is C[Si](Cl)(Cl)CCCCCCCCCCCCCCCCN. The van der Waals surface area contributed by atoms with Crippen LogP contribution in [0.4, 0.5) is 0 Å². The van der Waals surface area contributed by atoms with Crippen molar-refractivity contribution in [2.75, 3.05) is 6.54 Å². The highest BCUT2D eigenvalue weighted by molar-refractivity contribution is 7.44. The van der Waals surface area contributed by atoms with Crippen molar-refractivity contribution in [3.05, 3.63) is 0 Å². The van der Waals surface area contributed by atoms with Crippen LogP contribution in [-0.2, 0) is 0 Å². The van der Waals surface area contributed by atoms with Crippen molar-refractivity contribution in [3.63, 3.8) is 0 Å². The fraction of sp³-hybridized carbons (Fsp3) is 1.00. The molecule has 0 unspecified atom stereocenters. The molecule has 0 aromatic heterocycles. The lowest BCUT2D eigenvalue weighted by Crippen LogP contribution is -2.11. The van der Waals surface area contributed by atoms with Gasteiger partial charge in [0, 0.05) is 0 Å². The van der Waals surface area contributed by atoms with Crippen LogP contribution in [0.3, 0.4) is 0 Å². The maximum Gasteiger partial charge on any atom is 0.248 e. The summed E-state index contributed by atoms with van der Waals surface area (Å²) in [5.74, 6) is 0. The second-order valence-corrected chi connectivity index (χ2v) is 14.8. The van der Waals surface area contributed by atoms with Crippen molar-refractivity contribution in [2.45, 2.75) is 102 Å². The fourth-order valence-corrected chi connectivity index (χ4v) is 4.37. The van der Waals surface area contributed by atoms with Gasteiger partial charge in [-0.15, -0.1) is 22.2 Å². The minimum absolute atomic E-state index is 0.860. The Morgan fingerprint density at radius 3 is 1.14 bits per heavy atom. The van der Waals surface area contributed by atoms with Crippen molar-refractivity contribution in [3.8, 4) is 0 Å². The van der Waals surface area contributed by atoms with Crippen LogP contribution < -0.4 is 5.73 Å². The zero-order valence-electron chi connectivity index (χ0n) is 14.1. The van der Waals surface area contributed by atoms with Gasteiger partial charge in [0.05, 0.1) is 0 Å². The van der Waals surface area contributed by atoms with Crippen LogP contribution in [0.25, 0.3) is 0 Å². The van der Waals surface area contributed by atoms with E-state index in [1.54, 1.807) is 0 Å². The maximum atomic E-state index is 6.09. The molecule has 0 saturated carbocycles. The lowest BCUT2D eigenvalue weighted by molar-refractivity contribution is 0.536. The van der Waals surface area contributed by atoms with E-state index in [1.807, 2.05) is 6.55 Å². The summed E-state index contributed by atoms with van der Waals surface area (Å²) in [4.78, 5) is 0. The van der Waals surface area contributed by atoms with E-state index in [4.69, 9.17) is 27.9 Å². The first-order valence-corrected chi connectivity index (χ1v) is 13.9. The highest BCUT2D eigenvalue weighted by Gasteiger charge is 2.19. The van der Waals surface area contributed by atoms with E-state index >= 15 is 0 Å². The highest BCUT2D eigenvalue weighted by atomic mass is 35.7. The minimum atomic E-state index is -1.82. The molecular formula is C17H37Cl2NSi. The number of hydrogen-bond donors (Lipinski definition) is 1. The lowest BCUT2D eigenvalue weighted by atomic mass is 10.0. The van der Waals surface area contributed by atoms with Gasteiger partial charge in [0.15, 0.2) is 0 Å². The Morgan fingerprint density at radius 1 is 0.571 bits per heavy atom. The molecule has 0 aliphatic carbocycles. The number of nitrogens with two attached hydrogens (primary N) is 1. The van der Waals surface area contributed by atoms with E-state index in [1.165, 1.54) is 89.9 Å². The zero-order chi connectivity index (χ0) is 15.8. The molecule has 0 aromatic rings. The first kappa shape index (κ1) is 21.8. The summed E-state index contributed by atoms with van der Waals surface area (Å²) in [6.07, 6.45) is 19.1. The topological polar surface area (TPSA) is 26.0 Å². The molecule has 0 saturated heterocycles. The third-order valence-electron chi connectivity index (χ3n) is 4.07. The lowest BCUT2D eigenvalue weighted by Gasteiger charge is -2.09. The standard InChI is InChI=1S/C17H37Cl2NSi/c1-21(18,19)17-15-13-11-9-7-5-3-2-4-6-8-10-12-14-16-20/h2-17,20H2,1H3. The van der Waals surface area contributed by atoms with Gasteiger partial charge in [-0.2, -0.15) is 0 Å². The first-order chi connectivity index (χ1) is 10.1. The monoisotopic (exact) mass is 353 g/mol. The van der Waals surface area contributed by atoms with E-state index in [9.17, 15) is 0 Å². The molecule has 0 radical (unpaired) electrons. The summed E-state index contributed by atoms with van der Waals surface area (Å²) >= 11 is 12.2. The molecule has 128 valence electrons. The molecule has 1 nitrogen and oxygen atoms in total. The third kappa shape index (κ3) is 20.8. The Balaban J connectivity index is 3.00. The normalized spacial score (nSPS) is 12.0. The predicted molar refractivity (Wildman–Crippen MR) is 102 cm³/mol. The Morgan fingerprint density at radius 2 is 0.857 bits per heavy atom. The molecule has 0 bridgehead atoms. The van der Waals surface area contributed by atoms with Crippen LogP contribution in [0.2, 0.25) is 12.6 Å². The number of hydrogen-bond acceptors (Lipinski definition) is 1. The second kappa shape index (κ2) is 15.6. The average molecular weight is 354 g/mol. The quantitative estimate of drug-likeness (QED) is 0.181. The van der Waals surface area contributed by atoms with E-state index in [2.05, 4.69) is 0 Å². The van der Waals surface area contributed by atoms with Gasteiger partial charge >= 0.3 is 0 Å². The largest absolute Gasteiger partial charge is 0.330 e. The smallest absolute Gasteiger partial charge is 0.248 e. The molecular weight excluding hydrogens is 317 g/mol. The summed E-state index contributed by atoms with van der Waals surface area (Å²) in [5.41, 5.74) is 5.48. The predicted octanol–water partition coefficient (Wildman–Crippen LogP) is 6.96. The van der Waals surface area contributed by atoms with Gasteiger partial charge in [0.1, 0.15) is 0 Å². The molecule has 0 amide bonds. The summed E-state index contributed by atoms with van der Waals surface area (Å²) in [7, 11) is 0. The minimum Gasteiger partial charge on any atom is -0.330 e. The highest BCUT2D eigenvalue weighted by Crippen LogP contribution is 2.23. The van der Waals surface area contributed by atoms with E-state index in [0.29, 0.717) is 0 Å². The van der Waals surface area contributed by atoms with Crippen molar-refractivity contribution in [1.29, 1.82) is 0 Å². The van der Waals surface area contributed by atoms with Crippen LogP contribution in [0.15, 0.2) is 0 Å². The van der Waals surface area contributed by atoms with Crippen LogP contribution >= 0.6 is 22.2 Å². The van der Waals surface area contributed by atoms with Gasteiger partial charge in [-0.05, 0) is 25.6 Å². The van der Waals surface area contributed by atoms with Crippen LogP contribution in [0.1, 0.15) is 89.9 Å². The van der Waals surface area contributed by atoms with E-state index < -0.39 is 6.69 Å². The Kier molecular flexibility index (Phi) is 16.2. The first-order valence-electron chi connectivity index (χ1n) is 9.14. The zero-order valence-corrected chi connectivity index (χ0v) is 16.7. The van der Waals surface area contributed by atoms with Gasteiger partial charge in [0.25, 0.3) is 0 Å². The number of rotatable bonds is 16. The van der Waals surface area contributed by atoms with Crippen LogP contribution in [0, 0.1) is 0 Å². The molecule has 0 aliphatic heterocycles. The van der Waals surface area contributed by atoms with Gasteiger partial charge in [0.2, 0.25) is 6.69 Å². The maximum absolute atomic E-state index is 6.09. The molecule has 4 heteroatoms. The third-order valence-corrected chi connectivity index (χ3v) is 6.44. The summed E-state index contributed by atoms with van der Waals surface area (Å²) in [5, 5.41) is 0. The molecule has 0 rings (SSSR count). The Hall–Kier alpha value is 0.757. The number of halogens is 2. The van der Waals surface area contributed by atoms with Crippen LogP contribution in [0.5, 0.6) is 0 Å². The van der Waals surface area contributed by atoms with Gasteiger partial charge in [-0.1, -0.05) is 83.5 Å². The number of unbranched alkanes of at least 4 members (excludes halogenated alkanes) is 13. The van der Waals surface area contributed by atoms with Gasteiger partial charge < -0.3 is 5.73 Å². The molecule has 0 atom stereocenters. The van der Waals surface area contributed by atoms with E-state index in [-0.39, 0.29) is 0 Å². The molecule has 0 fully saturated rings. The molecule has 0 spiro atoms. The van der Waals surface area contributed by atoms with Crippen molar-refractivity contribution in [2.24, 2.45) is 5.73 Å².